The lowest BCUT2D eigenvalue weighted by atomic mass is 10.2. The molecule has 3 aromatic rings. The molecule has 1 aliphatic rings. The van der Waals surface area contributed by atoms with E-state index in [-0.39, 0.29) is 24.1 Å². The van der Waals surface area contributed by atoms with E-state index in [1.54, 1.807) is 36.6 Å². The van der Waals surface area contributed by atoms with Crippen LogP contribution in [0.5, 0.6) is 0 Å². The van der Waals surface area contributed by atoms with Gasteiger partial charge in [0.25, 0.3) is 5.56 Å². The van der Waals surface area contributed by atoms with E-state index in [1.807, 2.05) is 0 Å². The Balaban J connectivity index is 1.77. The van der Waals surface area contributed by atoms with Crippen LogP contribution in [0.25, 0.3) is 10.2 Å². The van der Waals surface area contributed by atoms with E-state index in [0.29, 0.717) is 50.3 Å². The summed E-state index contributed by atoms with van der Waals surface area (Å²) in [6, 6.07) is 6.56. The summed E-state index contributed by atoms with van der Waals surface area (Å²) in [7, 11) is 0. The van der Waals surface area contributed by atoms with Gasteiger partial charge in [-0.1, -0.05) is 30.0 Å². The zero-order valence-electron chi connectivity index (χ0n) is 17.4. The van der Waals surface area contributed by atoms with Crippen molar-refractivity contribution in [3.05, 3.63) is 56.4 Å². The third-order valence-electron chi connectivity index (χ3n) is 5.20. The van der Waals surface area contributed by atoms with Gasteiger partial charge in [-0.25, -0.2) is 14.2 Å². The Hall–Kier alpha value is -2.23. The molecule has 0 spiro atoms. The zero-order chi connectivity index (χ0) is 22.0. The molecule has 0 bridgehead atoms. The maximum atomic E-state index is 14.1. The number of aryl methyl sites for hydroxylation is 1. The van der Waals surface area contributed by atoms with Gasteiger partial charge in [-0.15, -0.1) is 11.3 Å². The number of hydrogen-bond donors (Lipinski definition) is 0. The van der Waals surface area contributed by atoms with Crippen molar-refractivity contribution in [3.63, 3.8) is 0 Å². The molecule has 0 amide bonds. The molecule has 9 heteroatoms. The van der Waals surface area contributed by atoms with Crippen LogP contribution in [0.1, 0.15) is 40.6 Å². The van der Waals surface area contributed by atoms with Crippen LogP contribution in [-0.2, 0) is 21.8 Å². The van der Waals surface area contributed by atoms with Crippen molar-refractivity contribution in [2.75, 3.05) is 13.2 Å². The van der Waals surface area contributed by atoms with Crippen molar-refractivity contribution in [3.8, 4) is 0 Å². The minimum atomic E-state index is -0.450. The molecule has 2 aromatic heterocycles. The van der Waals surface area contributed by atoms with Gasteiger partial charge in [-0.2, -0.15) is 0 Å². The summed E-state index contributed by atoms with van der Waals surface area (Å²) in [6.07, 6.45) is 1.77. The largest absolute Gasteiger partial charge is 0.462 e. The maximum Gasteiger partial charge on any atom is 0.348 e. The lowest BCUT2D eigenvalue weighted by Gasteiger charge is -2.16. The number of nitrogens with zero attached hydrogens (tertiary/aromatic N) is 2. The normalized spacial score (nSPS) is 16.2. The number of benzene rings is 1. The molecule has 3 heterocycles. The first kappa shape index (κ1) is 22.0. The van der Waals surface area contributed by atoms with Gasteiger partial charge in [0.2, 0.25) is 0 Å². The van der Waals surface area contributed by atoms with Crippen molar-refractivity contribution in [1.29, 1.82) is 0 Å². The molecule has 1 aromatic carbocycles. The quantitative estimate of drug-likeness (QED) is 0.291. The van der Waals surface area contributed by atoms with E-state index in [1.165, 1.54) is 17.8 Å². The number of aromatic nitrogens is 2. The minimum Gasteiger partial charge on any atom is -0.462 e. The molecule has 0 N–H and O–H groups in total. The Morgan fingerprint density at radius 1 is 1.42 bits per heavy atom. The Bertz CT molecular complexity index is 1170. The molecule has 1 aliphatic heterocycles. The van der Waals surface area contributed by atoms with Gasteiger partial charge in [-0.3, -0.25) is 9.36 Å². The van der Waals surface area contributed by atoms with Crippen LogP contribution in [0.15, 0.2) is 34.2 Å². The van der Waals surface area contributed by atoms with Gasteiger partial charge in [0.1, 0.15) is 15.5 Å². The monoisotopic (exact) mass is 462 g/mol. The predicted octanol–water partition coefficient (Wildman–Crippen LogP) is 4.55. The second-order valence-corrected chi connectivity index (χ2v) is 9.22. The van der Waals surface area contributed by atoms with Crippen LogP contribution in [0.2, 0.25) is 0 Å². The summed E-state index contributed by atoms with van der Waals surface area (Å²) in [5, 5.41) is 0.925. The highest BCUT2D eigenvalue weighted by atomic mass is 32.2. The lowest BCUT2D eigenvalue weighted by Crippen LogP contribution is -2.28. The molecular weight excluding hydrogens is 439 g/mol. The fourth-order valence-corrected chi connectivity index (χ4v) is 5.72. The van der Waals surface area contributed by atoms with Crippen LogP contribution < -0.4 is 5.56 Å². The average molecular weight is 463 g/mol. The fourth-order valence-electron chi connectivity index (χ4n) is 3.61. The first-order chi connectivity index (χ1) is 15.0. The van der Waals surface area contributed by atoms with Gasteiger partial charge in [-0.05, 0) is 43.9 Å². The second-order valence-electron chi connectivity index (χ2n) is 7.28. The summed E-state index contributed by atoms with van der Waals surface area (Å²) < 4.78 is 26.6. The molecule has 0 unspecified atom stereocenters. The summed E-state index contributed by atoms with van der Waals surface area (Å²) in [6.45, 7) is 4.80. The number of halogens is 1. The van der Waals surface area contributed by atoms with E-state index in [0.717, 1.165) is 24.2 Å². The maximum absolute atomic E-state index is 14.1. The van der Waals surface area contributed by atoms with Crippen LogP contribution in [0.3, 0.4) is 0 Å². The number of carbonyl (C=O) groups is 1. The first-order valence-corrected chi connectivity index (χ1v) is 12.0. The number of carbonyl (C=O) groups excluding carboxylic acids is 1. The van der Waals surface area contributed by atoms with Gasteiger partial charge in [0.05, 0.1) is 24.6 Å². The number of esters is 1. The first-order valence-electron chi connectivity index (χ1n) is 10.2. The van der Waals surface area contributed by atoms with Gasteiger partial charge in [0, 0.05) is 12.4 Å². The van der Waals surface area contributed by atoms with Gasteiger partial charge >= 0.3 is 5.97 Å². The van der Waals surface area contributed by atoms with Crippen molar-refractivity contribution >= 4 is 39.3 Å². The highest BCUT2D eigenvalue weighted by molar-refractivity contribution is 7.98. The zero-order valence-corrected chi connectivity index (χ0v) is 19.0. The molecule has 31 heavy (non-hydrogen) atoms. The molecule has 1 saturated heterocycles. The molecule has 1 fully saturated rings. The Morgan fingerprint density at radius 3 is 2.94 bits per heavy atom. The Kier molecular flexibility index (Phi) is 6.74. The molecule has 4 rings (SSSR count). The molecular formula is C22H23FN2O4S2. The predicted molar refractivity (Wildman–Crippen MR) is 120 cm³/mol. The Labute approximate surface area is 187 Å². The molecule has 0 saturated carbocycles. The summed E-state index contributed by atoms with van der Waals surface area (Å²) in [4.78, 5) is 31.4. The third-order valence-corrected chi connectivity index (χ3v) is 7.39. The topological polar surface area (TPSA) is 70.4 Å². The number of hydrogen-bond acceptors (Lipinski definition) is 7. The van der Waals surface area contributed by atoms with Gasteiger partial charge < -0.3 is 9.47 Å². The summed E-state index contributed by atoms with van der Waals surface area (Å²) in [5.74, 6) is -0.403. The second kappa shape index (κ2) is 9.50. The third kappa shape index (κ3) is 4.53. The van der Waals surface area contributed by atoms with Crippen LogP contribution in [0, 0.1) is 12.7 Å². The van der Waals surface area contributed by atoms with Crippen molar-refractivity contribution in [2.24, 2.45) is 0 Å². The van der Waals surface area contributed by atoms with Crippen LogP contribution >= 0.6 is 23.1 Å². The van der Waals surface area contributed by atoms with Gasteiger partial charge in [0.15, 0.2) is 5.16 Å². The van der Waals surface area contributed by atoms with E-state index < -0.39 is 5.97 Å². The van der Waals surface area contributed by atoms with Crippen molar-refractivity contribution in [2.45, 2.75) is 50.2 Å². The highest BCUT2D eigenvalue weighted by Gasteiger charge is 2.25. The van der Waals surface area contributed by atoms with E-state index >= 15 is 0 Å². The van der Waals surface area contributed by atoms with Crippen LogP contribution in [0.4, 0.5) is 4.39 Å². The number of thioether (sulfide) groups is 1. The number of thiophene rings is 1. The average Bonchev–Trinajstić information content (AvgIpc) is 3.38. The van der Waals surface area contributed by atoms with E-state index in [4.69, 9.17) is 14.5 Å². The van der Waals surface area contributed by atoms with Crippen LogP contribution in [-0.4, -0.2) is 34.8 Å². The molecule has 0 aliphatic carbocycles. The minimum absolute atomic E-state index is 0.0618. The summed E-state index contributed by atoms with van der Waals surface area (Å²) >= 11 is 2.47. The number of fused-ring (bicyclic) bond motifs is 1. The van der Waals surface area contributed by atoms with Crippen molar-refractivity contribution < 1.29 is 18.7 Å². The molecule has 0 radical (unpaired) electrons. The summed E-state index contributed by atoms with van der Waals surface area (Å²) in [5.41, 5.74) is 0.920. The van der Waals surface area contributed by atoms with E-state index in [2.05, 4.69) is 0 Å². The smallest absolute Gasteiger partial charge is 0.348 e. The molecule has 6 nitrogen and oxygen atoms in total. The Morgan fingerprint density at radius 2 is 2.23 bits per heavy atom. The highest BCUT2D eigenvalue weighted by Crippen LogP contribution is 2.31. The SMILES string of the molecule is CCOC(=O)c1sc2nc(SCc3ccccc3F)n(C[C@@H]3CCCO3)c(=O)c2c1C. The standard InChI is InChI=1S/C22H23FN2O4S2/c1-3-28-21(27)18-13(2)17-19(31-18)24-22(30-12-14-7-4-5-9-16(14)23)25(20(17)26)11-15-8-6-10-29-15/h4-5,7,9,15H,3,6,8,10-12H2,1-2H3/t15-/m0/s1. The number of rotatable bonds is 7. The lowest BCUT2D eigenvalue weighted by molar-refractivity contribution is 0.0531. The number of ether oxygens (including phenoxy) is 2. The fraction of sp³-hybridized carbons (Fsp3) is 0.409. The van der Waals surface area contributed by atoms with E-state index in [9.17, 15) is 14.0 Å². The molecule has 1 atom stereocenters. The van der Waals surface area contributed by atoms with Crippen molar-refractivity contribution in [1.82, 2.24) is 9.55 Å². The molecule has 164 valence electrons.